The van der Waals surface area contributed by atoms with Crippen LogP contribution in [0.15, 0.2) is 24.3 Å². The number of hydrogen-bond acceptors (Lipinski definition) is 3. The summed E-state index contributed by atoms with van der Waals surface area (Å²) >= 11 is 0. The lowest BCUT2D eigenvalue weighted by atomic mass is 10.1. The van der Waals surface area contributed by atoms with E-state index in [-0.39, 0.29) is 11.8 Å². The number of aryl methyl sites for hydroxylation is 1. The highest BCUT2D eigenvalue weighted by atomic mass is 16.2. The molecule has 6 heteroatoms. The predicted molar refractivity (Wildman–Crippen MR) is 107 cm³/mol. The van der Waals surface area contributed by atoms with E-state index in [0.717, 1.165) is 47.8 Å². The number of benzene rings is 1. The molecular formula is C21H28N4O2. The van der Waals surface area contributed by atoms with E-state index >= 15 is 0 Å². The number of carbonyl (C=O) groups excluding carboxylic acids is 2. The predicted octanol–water partition coefficient (Wildman–Crippen LogP) is 3.46. The average Bonchev–Trinajstić information content (AvgIpc) is 3.14. The van der Waals surface area contributed by atoms with Crippen LogP contribution in [0.4, 0.5) is 11.4 Å². The highest BCUT2D eigenvalue weighted by molar-refractivity contribution is 5.96. The number of nitrogens with one attached hydrogen (secondary N) is 1. The zero-order chi connectivity index (χ0) is 19.6. The topological polar surface area (TPSA) is 67.2 Å². The Morgan fingerprint density at radius 1 is 1.22 bits per heavy atom. The van der Waals surface area contributed by atoms with E-state index in [9.17, 15) is 9.59 Å². The third kappa shape index (κ3) is 4.38. The summed E-state index contributed by atoms with van der Waals surface area (Å²) in [5.41, 5.74) is 4.58. The molecule has 1 aliphatic heterocycles. The quantitative estimate of drug-likeness (QED) is 0.849. The first kappa shape index (κ1) is 19.1. The maximum atomic E-state index is 12.5. The number of amides is 2. The van der Waals surface area contributed by atoms with Gasteiger partial charge < -0.3 is 10.2 Å². The van der Waals surface area contributed by atoms with E-state index in [4.69, 9.17) is 0 Å². The summed E-state index contributed by atoms with van der Waals surface area (Å²) < 4.78 is 1.99. The summed E-state index contributed by atoms with van der Waals surface area (Å²) in [6.07, 6.45) is 1.82. The summed E-state index contributed by atoms with van der Waals surface area (Å²) in [5.74, 6) is 0.608. The molecule has 144 valence electrons. The molecule has 1 aromatic heterocycles. The lowest BCUT2D eigenvalue weighted by Crippen LogP contribution is -2.23. The van der Waals surface area contributed by atoms with Crippen LogP contribution in [0.1, 0.15) is 43.6 Å². The fraction of sp³-hybridized carbons (Fsp3) is 0.476. The van der Waals surface area contributed by atoms with Gasteiger partial charge in [0.25, 0.3) is 0 Å². The second-order valence-corrected chi connectivity index (χ2v) is 7.65. The van der Waals surface area contributed by atoms with Crippen LogP contribution in [0.2, 0.25) is 0 Å². The monoisotopic (exact) mass is 368 g/mol. The molecule has 2 heterocycles. The van der Waals surface area contributed by atoms with Gasteiger partial charge in [0.1, 0.15) is 0 Å². The Hall–Kier alpha value is -2.63. The summed E-state index contributed by atoms with van der Waals surface area (Å²) in [4.78, 5) is 26.1. The van der Waals surface area contributed by atoms with Crippen LogP contribution in [0, 0.1) is 19.8 Å². The van der Waals surface area contributed by atoms with Gasteiger partial charge in [0.2, 0.25) is 11.8 Å². The average molecular weight is 368 g/mol. The van der Waals surface area contributed by atoms with Crippen molar-refractivity contribution in [3.05, 3.63) is 41.2 Å². The van der Waals surface area contributed by atoms with Crippen LogP contribution in [0.3, 0.4) is 0 Å². The number of aromatic nitrogens is 2. The van der Waals surface area contributed by atoms with Gasteiger partial charge in [-0.05, 0) is 50.5 Å². The summed E-state index contributed by atoms with van der Waals surface area (Å²) in [5, 5.41) is 7.52. The minimum absolute atomic E-state index is 0.0599. The van der Waals surface area contributed by atoms with E-state index < -0.39 is 0 Å². The van der Waals surface area contributed by atoms with Gasteiger partial charge in [-0.15, -0.1) is 0 Å². The number of anilines is 2. The van der Waals surface area contributed by atoms with Crippen LogP contribution in [0.5, 0.6) is 0 Å². The van der Waals surface area contributed by atoms with Gasteiger partial charge in [0.15, 0.2) is 0 Å². The van der Waals surface area contributed by atoms with Crippen LogP contribution < -0.4 is 10.2 Å². The highest BCUT2D eigenvalue weighted by Gasteiger charge is 2.21. The van der Waals surface area contributed by atoms with Gasteiger partial charge in [-0.1, -0.05) is 13.8 Å². The van der Waals surface area contributed by atoms with Crippen molar-refractivity contribution in [1.29, 1.82) is 0 Å². The molecule has 6 nitrogen and oxygen atoms in total. The molecule has 0 unspecified atom stereocenters. The molecule has 0 saturated carbocycles. The normalized spacial score (nSPS) is 14.3. The molecule has 1 saturated heterocycles. The second kappa shape index (κ2) is 7.94. The fourth-order valence-corrected chi connectivity index (χ4v) is 3.53. The van der Waals surface area contributed by atoms with Crippen molar-refractivity contribution >= 4 is 23.2 Å². The standard InChI is InChI=1S/C21H28N4O2/c1-14(2)13-25-16(4)19(15(3)23-25)12-20(26)22-17-7-9-18(10-8-17)24-11-5-6-21(24)27/h7-10,14H,5-6,11-13H2,1-4H3,(H,22,26). The van der Waals surface area contributed by atoms with Crippen LogP contribution in [-0.4, -0.2) is 28.1 Å². The van der Waals surface area contributed by atoms with Gasteiger partial charge in [-0.25, -0.2) is 0 Å². The molecule has 1 N–H and O–H groups in total. The molecule has 1 aliphatic rings. The minimum Gasteiger partial charge on any atom is -0.326 e. The molecule has 1 aromatic carbocycles. The second-order valence-electron chi connectivity index (χ2n) is 7.65. The zero-order valence-corrected chi connectivity index (χ0v) is 16.6. The number of carbonyl (C=O) groups is 2. The molecule has 0 bridgehead atoms. The fourth-order valence-electron chi connectivity index (χ4n) is 3.53. The summed E-state index contributed by atoms with van der Waals surface area (Å²) in [6, 6.07) is 7.47. The smallest absolute Gasteiger partial charge is 0.228 e. The Morgan fingerprint density at radius 3 is 2.52 bits per heavy atom. The van der Waals surface area contributed by atoms with Gasteiger partial charge in [-0.2, -0.15) is 5.10 Å². The summed E-state index contributed by atoms with van der Waals surface area (Å²) in [7, 11) is 0. The third-order valence-electron chi connectivity index (χ3n) is 4.94. The molecule has 1 fully saturated rings. The first-order chi connectivity index (χ1) is 12.8. The van der Waals surface area contributed by atoms with Crippen molar-refractivity contribution in [2.45, 2.75) is 53.5 Å². The Bertz CT molecular complexity index is 837. The number of rotatable bonds is 6. The van der Waals surface area contributed by atoms with Gasteiger partial charge in [0, 0.05) is 42.1 Å². The molecule has 0 atom stereocenters. The largest absolute Gasteiger partial charge is 0.326 e. The van der Waals surface area contributed by atoms with E-state index in [0.29, 0.717) is 18.8 Å². The first-order valence-corrected chi connectivity index (χ1v) is 9.58. The van der Waals surface area contributed by atoms with Crippen molar-refractivity contribution < 1.29 is 9.59 Å². The van der Waals surface area contributed by atoms with Gasteiger partial charge in [-0.3, -0.25) is 14.3 Å². The Balaban J connectivity index is 1.64. The minimum atomic E-state index is -0.0599. The van der Waals surface area contributed by atoms with Crippen molar-refractivity contribution in [3.8, 4) is 0 Å². The van der Waals surface area contributed by atoms with E-state index in [1.807, 2.05) is 42.8 Å². The Kier molecular flexibility index (Phi) is 5.63. The van der Waals surface area contributed by atoms with Crippen molar-refractivity contribution in [2.24, 2.45) is 5.92 Å². The highest BCUT2D eigenvalue weighted by Crippen LogP contribution is 2.23. The first-order valence-electron chi connectivity index (χ1n) is 9.58. The Labute approximate surface area is 160 Å². The molecule has 2 amide bonds. The van der Waals surface area contributed by atoms with Crippen LogP contribution in [0.25, 0.3) is 0 Å². The molecule has 2 aromatic rings. The van der Waals surface area contributed by atoms with Gasteiger partial charge in [0.05, 0.1) is 12.1 Å². The maximum absolute atomic E-state index is 12.5. The van der Waals surface area contributed by atoms with Crippen LogP contribution in [-0.2, 0) is 22.6 Å². The van der Waals surface area contributed by atoms with Crippen molar-refractivity contribution in [3.63, 3.8) is 0 Å². The molecule has 0 aliphatic carbocycles. The molecule has 0 spiro atoms. The maximum Gasteiger partial charge on any atom is 0.228 e. The molecule has 0 radical (unpaired) electrons. The third-order valence-corrected chi connectivity index (χ3v) is 4.94. The molecular weight excluding hydrogens is 340 g/mol. The van der Waals surface area contributed by atoms with Crippen molar-refractivity contribution in [1.82, 2.24) is 9.78 Å². The summed E-state index contributed by atoms with van der Waals surface area (Å²) in [6.45, 7) is 9.90. The van der Waals surface area contributed by atoms with Crippen molar-refractivity contribution in [2.75, 3.05) is 16.8 Å². The van der Waals surface area contributed by atoms with E-state index in [2.05, 4.69) is 24.3 Å². The zero-order valence-electron chi connectivity index (χ0n) is 16.6. The van der Waals surface area contributed by atoms with E-state index in [1.54, 1.807) is 4.90 Å². The number of nitrogens with zero attached hydrogens (tertiary/aromatic N) is 3. The van der Waals surface area contributed by atoms with Crippen LogP contribution >= 0.6 is 0 Å². The number of hydrogen-bond donors (Lipinski definition) is 1. The lowest BCUT2D eigenvalue weighted by Gasteiger charge is -2.16. The Morgan fingerprint density at radius 2 is 1.93 bits per heavy atom. The van der Waals surface area contributed by atoms with Gasteiger partial charge >= 0.3 is 0 Å². The molecule has 27 heavy (non-hydrogen) atoms. The SMILES string of the molecule is Cc1nn(CC(C)C)c(C)c1CC(=O)Nc1ccc(N2CCCC2=O)cc1. The lowest BCUT2D eigenvalue weighted by molar-refractivity contribution is -0.117. The van der Waals surface area contributed by atoms with E-state index in [1.165, 1.54) is 0 Å². The molecule has 3 rings (SSSR count).